The van der Waals surface area contributed by atoms with Gasteiger partial charge in [-0.15, -0.1) is 0 Å². The van der Waals surface area contributed by atoms with E-state index in [9.17, 15) is 14.9 Å². The van der Waals surface area contributed by atoms with Crippen molar-refractivity contribution >= 4 is 27.6 Å². The molecule has 0 bridgehead atoms. The van der Waals surface area contributed by atoms with E-state index < -0.39 is 10.9 Å². The fourth-order valence-corrected chi connectivity index (χ4v) is 2.36. The fourth-order valence-electron chi connectivity index (χ4n) is 1.81. The number of aliphatic hydroxyl groups excluding tert-OH is 1. The van der Waals surface area contributed by atoms with Crippen LogP contribution in [0.4, 0.5) is 5.69 Å². The third-order valence-corrected chi connectivity index (χ3v) is 3.40. The van der Waals surface area contributed by atoms with Crippen LogP contribution in [0.15, 0.2) is 28.9 Å². The highest BCUT2D eigenvalue weighted by Crippen LogP contribution is 2.26. The van der Waals surface area contributed by atoms with Gasteiger partial charge in [0.25, 0.3) is 5.69 Å². The number of rotatable bonds is 5. The molecule has 0 spiro atoms. The van der Waals surface area contributed by atoms with Gasteiger partial charge in [-0.3, -0.25) is 10.1 Å². The summed E-state index contributed by atoms with van der Waals surface area (Å²) in [7, 11) is 0. The lowest BCUT2D eigenvalue weighted by Crippen LogP contribution is -2.04. The molecular weight excluding hydrogens is 346 g/mol. The van der Waals surface area contributed by atoms with Gasteiger partial charge in [0.1, 0.15) is 0 Å². The summed E-state index contributed by atoms with van der Waals surface area (Å²) in [5.74, 6) is -1.20. The van der Waals surface area contributed by atoms with Crippen LogP contribution in [-0.4, -0.2) is 37.5 Å². The first-order valence-electron chi connectivity index (χ1n) is 5.81. The molecule has 9 heteroatoms. The zero-order valence-corrected chi connectivity index (χ0v) is 12.1. The van der Waals surface area contributed by atoms with Crippen LogP contribution in [0.2, 0.25) is 0 Å². The number of carbonyl (C=O) groups is 1. The van der Waals surface area contributed by atoms with Crippen molar-refractivity contribution in [1.82, 2.24) is 9.78 Å². The van der Waals surface area contributed by atoms with Crippen LogP contribution >= 0.6 is 15.9 Å². The molecule has 8 nitrogen and oxygen atoms in total. The van der Waals surface area contributed by atoms with Crippen LogP contribution in [0.25, 0.3) is 5.69 Å². The highest BCUT2D eigenvalue weighted by molar-refractivity contribution is 9.10. The molecule has 1 aromatic heterocycles. The minimum atomic E-state index is -1.20. The van der Waals surface area contributed by atoms with Gasteiger partial charge in [0, 0.05) is 30.5 Å². The quantitative estimate of drug-likeness (QED) is 0.623. The maximum absolute atomic E-state index is 11.1. The lowest BCUT2D eigenvalue weighted by Gasteiger charge is -2.03. The van der Waals surface area contributed by atoms with Gasteiger partial charge in [-0.2, -0.15) is 5.10 Å². The lowest BCUT2D eigenvalue weighted by molar-refractivity contribution is -0.384. The number of carboxylic acids is 1. The highest BCUT2D eigenvalue weighted by Gasteiger charge is 2.18. The minimum Gasteiger partial charge on any atom is -0.476 e. The summed E-state index contributed by atoms with van der Waals surface area (Å²) < 4.78 is 1.72. The Hall–Kier alpha value is -2.26. The Balaban J connectivity index is 2.49. The molecule has 1 aromatic carbocycles. The molecule has 21 heavy (non-hydrogen) atoms. The topological polar surface area (TPSA) is 118 Å². The van der Waals surface area contributed by atoms with E-state index in [-0.39, 0.29) is 24.4 Å². The van der Waals surface area contributed by atoms with Gasteiger partial charge in [0.2, 0.25) is 0 Å². The van der Waals surface area contributed by atoms with Gasteiger partial charge in [0.15, 0.2) is 5.69 Å². The molecule has 2 N–H and O–H groups in total. The van der Waals surface area contributed by atoms with Crippen molar-refractivity contribution in [2.24, 2.45) is 0 Å². The van der Waals surface area contributed by atoms with Crippen molar-refractivity contribution in [2.75, 3.05) is 6.61 Å². The third-order valence-electron chi connectivity index (χ3n) is 2.76. The smallest absolute Gasteiger partial charge is 0.356 e. The Morgan fingerprint density at radius 2 is 2.19 bits per heavy atom. The SMILES string of the molecule is O=C(O)c1nn(-c2ccc([N+](=O)[O-])cc2Br)cc1CCO. The number of aliphatic hydroxyl groups is 1. The van der Waals surface area contributed by atoms with E-state index in [1.165, 1.54) is 29.1 Å². The van der Waals surface area contributed by atoms with E-state index in [4.69, 9.17) is 10.2 Å². The van der Waals surface area contributed by atoms with Crippen LogP contribution in [0.5, 0.6) is 0 Å². The number of nitrogens with zero attached hydrogens (tertiary/aromatic N) is 3. The second-order valence-corrected chi connectivity index (χ2v) is 4.97. The molecule has 0 fully saturated rings. The molecule has 0 radical (unpaired) electrons. The predicted molar refractivity (Wildman–Crippen MR) is 75.7 cm³/mol. The van der Waals surface area contributed by atoms with Gasteiger partial charge < -0.3 is 10.2 Å². The molecule has 2 aromatic rings. The number of aromatic nitrogens is 2. The van der Waals surface area contributed by atoms with Gasteiger partial charge in [-0.05, 0) is 28.4 Å². The van der Waals surface area contributed by atoms with Gasteiger partial charge in [-0.1, -0.05) is 0 Å². The molecule has 0 unspecified atom stereocenters. The molecule has 1 heterocycles. The maximum atomic E-state index is 11.1. The van der Waals surface area contributed by atoms with Crippen LogP contribution in [-0.2, 0) is 6.42 Å². The predicted octanol–water partition coefficient (Wildman–Crippen LogP) is 1.78. The van der Waals surface area contributed by atoms with Gasteiger partial charge in [0.05, 0.1) is 15.1 Å². The Labute approximate surface area is 126 Å². The van der Waals surface area contributed by atoms with Crippen molar-refractivity contribution in [2.45, 2.75) is 6.42 Å². The molecule has 0 atom stereocenters. The summed E-state index contributed by atoms with van der Waals surface area (Å²) in [6.07, 6.45) is 1.64. The first-order valence-corrected chi connectivity index (χ1v) is 6.60. The highest BCUT2D eigenvalue weighted by atomic mass is 79.9. The Bertz CT molecular complexity index is 713. The van der Waals surface area contributed by atoms with E-state index in [2.05, 4.69) is 21.0 Å². The minimum absolute atomic E-state index is 0.0909. The largest absolute Gasteiger partial charge is 0.476 e. The third kappa shape index (κ3) is 3.09. The molecule has 0 aliphatic carbocycles. The fraction of sp³-hybridized carbons (Fsp3) is 0.167. The first-order chi connectivity index (χ1) is 9.93. The standard InChI is InChI=1S/C12H10BrN3O5/c13-9-5-8(16(20)21)1-2-10(9)15-6-7(3-4-17)11(14-15)12(18)19/h1-2,5-6,17H,3-4H2,(H,18,19). The summed E-state index contributed by atoms with van der Waals surface area (Å²) in [5.41, 5.74) is 0.601. The summed E-state index contributed by atoms with van der Waals surface area (Å²) in [6.45, 7) is -0.201. The van der Waals surface area contributed by atoms with E-state index in [0.717, 1.165) is 0 Å². The Morgan fingerprint density at radius 3 is 2.71 bits per heavy atom. The number of halogens is 1. The van der Waals surface area contributed by atoms with Gasteiger partial charge in [-0.25, -0.2) is 9.48 Å². The molecule has 110 valence electrons. The summed E-state index contributed by atoms with van der Waals surface area (Å²) >= 11 is 3.20. The molecule has 2 rings (SSSR count). The first kappa shape index (κ1) is 15.1. The van der Waals surface area contributed by atoms with Crippen LogP contribution in [0.3, 0.4) is 0 Å². The number of benzene rings is 1. The van der Waals surface area contributed by atoms with Crippen molar-refractivity contribution in [1.29, 1.82) is 0 Å². The summed E-state index contributed by atoms with van der Waals surface area (Å²) in [5, 5.41) is 32.7. The monoisotopic (exact) mass is 355 g/mol. The maximum Gasteiger partial charge on any atom is 0.356 e. The van der Waals surface area contributed by atoms with Gasteiger partial charge >= 0.3 is 5.97 Å². The van der Waals surface area contributed by atoms with E-state index >= 15 is 0 Å². The Morgan fingerprint density at radius 1 is 1.48 bits per heavy atom. The zero-order valence-electron chi connectivity index (χ0n) is 10.6. The number of nitro benzene ring substituents is 1. The van der Waals surface area contributed by atoms with Crippen molar-refractivity contribution < 1.29 is 19.9 Å². The molecule has 0 amide bonds. The summed E-state index contributed by atoms with van der Waals surface area (Å²) in [6, 6.07) is 4.07. The lowest BCUT2D eigenvalue weighted by atomic mass is 10.2. The number of non-ortho nitro benzene ring substituents is 1. The van der Waals surface area contributed by atoms with E-state index in [0.29, 0.717) is 15.7 Å². The molecule has 0 saturated carbocycles. The molecular formula is C12H10BrN3O5. The zero-order chi connectivity index (χ0) is 15.6. The molecule has 0 aliphatic heterocycles. The number of nitro groups is 1. The van der Waals surface area contributed by atoms with E-state index in [1.807, 2.05) is 0 Å². The number of hydrogen-bond donors (Lipinski definition) is 2. The normalized spacial score (nSPS) is 10.6. The number of aromatic carboxylic acids is 1. The number of carboxylic acid groups (broad SMARTS) is 1. The number of hydrogen-bond acceptors (Lipinski definition) is 5. The van der Waals surface area contributed by atoms with Crippen LogP contribution in [0, 0.1) is 10.1 Å². The summed E-state index contributed by atoms with van der Waals surface area (Å²) in [4.78, 5) is 21.3. The van der Waals surface area contributed by atoms with Crippen molar-refractivity contribution in [3.05, 3.63) is 50.2 Å². The Kier molecular flexibility index (Phi) is 4.34. The van der Waals surface area contributed by atoms with Crippen molar-refractivity contribution in [3.8, 4) is 5.69 Å². The van der Waals surface area contributed by atoms with Crippen LogP contribution in [0.1, 0.15) is 16.1 Å². The second kappa shape index (κ2) is 6.02. The second-order valence-electron chi connectivity index (χ2n) is 4.12. The van der Waals surface area contributed by atoms with E-state index in [1.54, 1.807) is 0 Å². The van der Waals surface area contributed by atoms with Crippen molar-refractivity contribution in [3.63, 3.8) is 0 Å². The molecule has 0 aliphatic rings. The average Bonchev–Trinajstić information content (AvgIpc) is 2.83. The van der Waals surface area contributed by atoms with Crippen LogP contribution < -0.4 is 0 Å². The molecule has 0 saturated heterocycles. The average molecular weight is 356 g/mol.